The van der Waals surface area contributed by atoms with Crippen LogP contribution in [0.5, 0.6) is 0 Å². The number of carbonyl (C=O) groups excluding carboxylic acids is 1. The third-order valence-corrected chi connectivity index (χ3v) is 6.31. The van der Waals surface area contributed by atoms with Gasteiger partial charge in [0.2, 0.25) is 5.91 Å². The quantitative estimate of drug-likeness (QED) is 0.519. The maximum absolute atomic E-state index is 12.7. The van der Waals surface area contributed by atoms with Crippen molar-refractivity contribution in [2.75, 3.05) is 26.2 Å². The maximum atomic E-state index is 12.7. The molecule has 2 aromatic heterocycles. The molecule has 2 aromatic carbocycles. The molecule has 1 fully saturated rings. The summed E-state index contributed by atoms with van der Waals surface area (Å²) < 4.78 is 7.83. The van der Waals surface area contributed by atoms with Gasteiger partial charge in [0.15, 0.2) is 5.58 Å². The molecule has 7 nitrogen and oxygen atoms in total. The van der Waals surface area contributed by atoms with Crippen LogP contribution >= 0.6 is 11.3 Å². The minimum absolute atomic E-state index is 0.00766. The van der Waals surface area contributed by atoms with Crippen molar-refractivity contribution in [3.05, 3.63) is 64.1 Å². The molecule has 0 N–H and O–H groups in total. The Bertz CT molecular complexity index is 1200. The molecule has 0 saturated carbocycles. The Hall–Kier alpha value is -2.97. The third kappa shape index (κ3) is 3.56. The van der Waals surface area contributed by atoms with Gasteiger partial charge in [-0.3, -0.25) is 14.3 Å². The van der Waals surface area contributed by atoms with Gasteiger partial charge in [-0.1, -0.05) is 24.3 Å². The lowest BCUT2D eigenvalue weighted by Gasteiger charge is -2.34. The van der Waals surface area contributed by atoms with E-state index < -0.39 is 5.76 Å². The highest BCUT2D eigenvalue weighted by Crippen LogP contribution is 2.23. The highest BCUT2D eigenvalue weighted by atomic mass is 32.1. The summed E-state index contributed by atoms with van der Waals surface area (Å²) in [5.74, 6) is -0.549. The van der Waals surface area contributed by atoms with Crippen LogP contribution in [0.3, 0.4) is 0 Å². The lowest BCUT2D eigenvalue weighted by Crippen LogP contribution is -2.49. The van der Waals surface area contributed by atoms with E-state index in [2.05, 4.69) is 11.0 Å². The molecular formula is C21H20N4O3S. The van der Waals surface area contributed by atoms with Crippen molar-refractivity contribution in [1.29, 1.82) is 0 Å². The first kappa shape index (κ1) is 18.1. The van der Waals surface area contributed by atoms with Crippen molar-refractivity contribution >= 4 is 38.6 Å². The Morgan fingerprint density at radius 3 is 2.62 bits per heavy atom. The second-order valence-corrected chi connectivity index (χ2v) is 8.27. The van der Waals surface area contributed by atoms with Crippen molar-refractivity contribution < 1.29 is 9.21 Å². The molecule has 0 aliphatic carbocycles. The van der Waals surface area contributed by atoms with Crippen LogP contribution in [0.15, 0.2) is 57.7 Å². The van der Waals surface area contributed by atoms with Crippen molar-refractivity contribution in [3.8, 4) is 0 Å². The predicted molar refractivity (Wildman–Crippen MR) is 112 cm³/mol. The number of piperazine rings is 1. The first-order valence-corrected chi connectivity index (χ1v) is 10.4. The van der Waals surface area contributed by atoms with Crippen LogP contribution < -0.4 is 5.76 Å². The van der Waals surface area contributed by atoms with E-state index >= 15 is 0 Å². The fraction of sp³-hybridized carbons (Fsp3) is 0.286. The van der Waals surface area contributed by atoms with Crippen LogP contribution in [0, 0.1) is 0 Å². The Kier molecular flexibility index (Phi) is 4.65. The minimum Gasteiger partial charge on any atom is -0.408 e. The number of carbonyl (C=O) groups is 1. The Labute approximate surface area is 170 Å². The number of oxazole rings is 1. The largest absolute Gasteiger partial charge is 0.420 e. The highest BCUT2D eigenvalue weighted by molar-refractivity contribution is 7.18. The molecule has 1 aliphatic heterocycles. The van der Waals surface area contributed by atoms with Gasteiger partial charge in [0.25, 0.3) is 0 Å². The zero-order valence-electron chi connectivity index (χ0n) is 15.8. The zero-order valence-corrected chi connectivity index (χ0v) is 16.6. The van der Waals surface area contributed by atoms with Gasteiger partial charge in [-0.2, -0.15) is 0 Å². The molecule has 8 heteroatoms. The summed E-state index contributed by atoms with van der Waals surface area (Å²) in [6.07, 6.45) is 0. The van der Waals surface area contributed by atoms with Gasteiger partial charge in [0.05, 0.1) is 22.3 Å². The summed E-state index contributed by atoms with van der Waals surface area (Å²) in [5.41, 5.74) is 2.20. The highest BCUT2D eigenvalue weighted by Gasteiger charge is 2.23. The van der Waals surface area contributed by atoms with Crippen molar-refractivity contribution in [2.45, 2.75) is 13.1 Å². The van der Waals surface area contributed by atoms with E-state index in [0.29, 0.717) is 24.2 Å². The van der Waals surface area contributed by atoms with Gasteiger partial charge in [-0.25, -0.2) is 9.78 Å². The fourth-order valence-electron chi connectivity index (χ4n) is 3.73. The lowest BCUT2D eigenvalue weighted by atomic mass is 10.3. The molecule has 5 rings (SSSR count). The Balaban J connectivity index is 1.21. The van der Waals surface area contributed by atoms with E-state index in [1.807, 2.05) is 35.2 Å². The summed E-state index contributed by atoms with van der Waals surface area (Å²) in [5, 5.41) is 1.10. The maximum Gasteiger partial charge on any atom is 0.420 e. The van der Waals surface area contributed by atoms with Crippen LogP contribution in [0.2, 0.25) is 0 Å². The lowest BCUT2D eigenvalue weighted by molar-refractivity contribution is -0.133. The Morgan fingerprint density at radius 2 is 1.79 bits per heavy atom. The molecule has 0 unspecified atom stereocenters. The molecule has 0 atom stereocenters. The molecule has 0 spiro atoms. The molecule has 1 saturated heterocycles. The van der Waals surface area contributed by atoms with Gasteiger partial charge >= 0.3 is 5.76 Å². The van der Waals surface area contributed by atoms with Crippen molar-refractivity contribution in [3.63, 3.8) is 0 Å². The number of benzene rings is 2. The van der Waals surface area contributed by atoms with E-state index in [4.69, 9.17) is 9.40 Å². The normalized spacial score (nSPS) is 15.4. The molecule has 0 bridgehead atoms. The van der Waals surface area contributed by atoms with Crippen LogP contribution in [0.25, 0.3) is 21.3 Å². The molecule has 148 valence electrons. The molecule has 1 aliphatic rings. The molecule has 3 heterocycles. The second kappa shape index (κ2) is 7.46. The topological polar surface area (TPSA) is 71.6 Å². The SMILES string of the molecule is O=C(Cn1c(=O)oc2ccccc21)N1CCN(Cc2nc3ccccc3s2)CC1. The van der Waals surface area contributed by atoms with Gasteiger partial charge < -0.3 is 9.32 Å². The molecule has 29 heavy (non-hydrogen) atoms. The summed E-state index contributed by atoms with van der Waals surface area (Å²) >= 11 is 1.72. The van der Waals surface area contributed by atoms with Gasteiger partial charge in [0.1, 0.15) is 11.6 Å². The average molecular weight is 408 g/mol. The summed E-state index contributed by atoms with van der Waals surface area (Å²) in [6.45, 7) is 3.69. The van der Waals surface area contributed by atoms with Crippen molar-refractivity contribution in [2.24, 2.45) is 0 Å². The monoisotopic (exact) mass is 408 g/mol. The minimum atomic E-state index is -0.492. The second-order valence-electron chi connectivity index (χ2n) is 7.15. The van der Waals surface area contributed by atoms with E-state index in [1.165, 1.54) is 9.27 Å². The van der Waals surface area contributed by atoms with E-state index in [0.717, 1.165) is 30.2 Å². The number of aromatic nitrogens is 2. The molecular weight excluding hydrogens is 388 g/mol. The summed E-state index contributed by atoms with van der Waals surface area (Å²) in [4.78, 5) is 33.7. The van der Waals surface area contributed by atoms with E-state index in [9.17, 15) is 9.59 Å². The van der Waals surface area contributed by atoms with Crippen LogP contribution in [0.1, 0.15) is 5.01 Å². The average Bonchev–Trinajstić information content (AvgIpc) is 3.28. The summed E-state index contributed by atoms with van der Waals surface area (Å²) in [7, 11) is 0. The number of hydrogen-bond acceptors (Lipinski definition) is 6. The standard InChI is InChI=1S/C21H20N4O3S/c26-20(14-25-16-6-2-3-7-17(16)28-21(25)27)24-11-9-23(10-12-24)13-19-22-15-5-1-4-8-18(15)29-19/h1-8H,9-14H2. The molecule has 1 amide bonds. The predicted octanol–water partition coefficient (Wildman–Crippen LogP) is 2.55. The molecule has 4 aromatic rings. The Morgan fingerprint density at radius 1 is 1.03 bits per heavy atom. The van der Waals surface area contributed by atoms with Gasteiger partial charge in [-0.15, -0.1) is 11.3 Å². The number of thiazole rings is 1. The zero-order chi connectivity index (χ0) is 19.8. The van der Waals surface area contributed by atoms with Crippen LogP contribution in [-0.4, -0.2) is 51.4 Å². The van der Waals surface area contributed by atoms with Crippen LogP contribution in [0.4, 0.5) is 0 Å². The number of rotatable bonds is 4. The number of nitrogens with zero attached hydrogens (tertiary/aromatic N) is 4. The number of para-hydroxylation sites is 3. The number of amides is 1. The van der Waals surface area contributed by atoms with Gasteiger partial charge in [0, 0.05) is 26.2 Å². The first-order chi connectivity index (χ1) is 14.2. The fourth-order valence-corrected chi connectivity index (χ4v) is 4.74. The number of hydrogen-bond donors (Lipinski definition) is 0. The summed E-state index contributed by atoms with van der Waals surface area (Å²) in [6, 6.07) is 15.3. The molecule has 0 radical (unpaired) electrons. The van der Waals surface area contributed by atoms with E-state index in [1.54, 1.807) is 23.5 Å². The smallest absolute Gasteiger partial charge is 0.408 e. The van der Waals surface area contributed by atoms with Crippen LogP contribution in [-0.2, 0) is 17.9 Å². The number of fused-ring (bicyclic) bond motifs is 2. The van der Waals surface area contributed by atoms with E-state index in [-0.39, 0.29) is 12.5 Å². The van der Waals surface area contributed by atoms with Gasteiger partial charge in [-0.05, 0) is 24.3 Å². The first-order valence-electron chi connectivity index (χ1n) is 9.60. The van der Waals surface area contributed by atoms with Crippen molar-refractivity contribution in [1.82, 2.24) is 19.4 Å². The third-order valence-electron chi connectivity index (χ3n) is 5.29.